The molecule has 27 heavy (non-hydrogen) atoms. The molecule has 0 aromatic heterocycles. The lowest BCUT2D eigenvalue weighted by Crippen LogP contribution is -2.29. The maximum atomic E-state index is 12.9. The molecule has 1 amide bonds. The van der Waals surface area contributed by atoms with Crippen molar-refractivity contribution in [2.24, 2.45) is 0 Å². The summed E-state index contributed by atoms with van der Waals surface area (Å²) in [7, 11) is -2.38. The monoisotopic (exact) mass is 400 g/mol. The van der Waals surface area contributed by atoms with Crippen molar-refractivity contribution in [2.45, 2.75) is 4.90 Å². The predicted octanol–water partition coefficient (Wildman–Crippen LogP) is 4.42. The van der Waals surface area contributed by atoms with Crippen LogP contribution in [-0.2, 0) is 10.0 Å². The average molecular weight is 401 g/mol. The van der Waals surface area contributed by atoms with E-state index in [1.165, 1.54) is 19.2 Å². The number of halogens is 1. The third kappa shape index (κ3) is 3.97. The summed E-state index contributed by atoms with van der Waals surface area (Å²) in [6.07, 6.45) is 0. The molecule has 0 aliphatic rings. The second kappa shape index (κ2) is 7.82. The van der Waals surface area contributed by atoms with Gasteiger partial charge in [0, 0.05) is 7.05 Å². The summed E-state index contributed by atoms with van der Waals surface area (Å²) < 4.78 is 26.9. The lowest BCUT2D eigenvalue weighted by Gasteiger charge is -2.22. The molecule has 3 aromatic carbocycles. The van der Waals surface area contributed by atoms with E-state index in [9.17, 15) is 13.2 Å². The zero-order valence-corrected chi connectivity index (χ0v) is 16.0. The van der Waals surface area contributed by atoms with Gasteiger partial charge < -0.3 is 5.32 Å². The number of hydrogen-bond acceptors (Lipinski definition) is 3. The first kappa shape index (κ1) is 18.9. The van der Waals surface area contributed by atoms with Crippen LogP contribution >= 0.6 is 11.6 Å². The van der Waals surface area contributed by atoms with E-state index in [4.69, 9.17) is 11.6 Å². The van der Waals surface area contributed by atoms with Crippen LogP contribution in [-0.4, -0.2) is 21.4 Å². The fourth-order valence-corrected chi connectivity index (χ4v) is 3.99. The van der Waals surface area contributed by atoms with Gasteiger partial charge in [0.1, 0.15) is 0 Å². The Balaban J connectivity index is 1.96. The Morgan fingerprint density at radius 2 is 1.48 bits per heavy atom. The van der Waals surface area contributed by atoms with Crippen LogP contribution in [0.3, 0.4) is 0 Å². The Morgan fingerprint density at radius 1 is 0.889 bits per heavy atom. The molecule has 3 rings (SSSR count). The van der Waals surface area contributed by atoms with Gasteiger partial charge in [-0.2, -0.15) is 0 Å². The van der Waals surface area contributed by atoms with E-state index in [1.54, 1.807) is 66.7 Å². The molecule has 0 saturated heterocycles. The normalized spacial score (nSPS) is 11.0. The van der Waals surface area contributed by atoms with Crippen LogP contribution in [0.2, 0.25) is 5.02 Å². The summed E-state index contributed by atoms with van der Waals surface area (Å²) >= 11 is 6.09. The number of hydrogen-bond donors (Lipinski definition) is 1. The Hall–Kier alpha value is -2.83. The highest BCUT2D eigenvalue weighted by Crippen LogP contribution is 2.27. The standard InChI is InChI=1S/C20H17ClN2O3S/c1-23(27(25,26)15-9-3-2-4-10-15)19-14-8-5-11-16(19)20(24)22-18-13-7-6-12-17(18)21/h2-14H,1H3,(H,22,24). The predicted molar refractivity (Wildman–Crippen MR) is 108 cm³/mol. The second-order valence-corrected chi connectivity index (χ2v) is 8.11. The zero-order valence-electron chi connectivity index (χ0n) is 14.5. The molecule has 138 valence electrons. The van der Waals surface area contributed by atoms with Crippen molar-refractivity contribution in [1.82, 2.24) is 0 Å². The highest BCUT2D eigenvalue weighted by atomic mass is 35.5. The van der Waals surface area contributed by atoms with Gasteiger partial charge in [0.05, 0.1) is 26.9 Å². The number of sulfonamides is 1. The Morgan fingerprint density at radius 3 is 2.19 bits per heavy atom. The number of para-hydroxylation sites is 2. The molecular weight excluding hydrogens is 384 g/mol. The fourth-order valence-electron chi connectivity index (χ4n) is 2.57. The van der Waals surface area contributed by atoms with Gasteiger partial charge in [-0.15, -0.1) is 0 Å². The van der Waals surface area contributed by atoms with Gasteiger partial charge in [-0.1, -0.05) is 54.1 Å². The summed E-state index contributed by atoms with van der Waals surface area (Å²) in [4.78, 5) is 12.9. The van der Waals surface area contributed by atoms with Crippen LogP contribution in [0.25, 0.3) is 0 Å². The third-order valence-electron chi connectivity index (χ3n) is 4.01. The minimum Gasteiger partial charge on any atom is -0.321 e. The molecule has 0 spiro atoms. The van der Waals surface area contributed by atoms with Crippen LogP contribution in [0.1, 0.15) is 10.4 Å². The summed E-state index contributed by atoms with van der Waals surface area (Å²) in [5.41, 5.74) is 0.942. The van der Waals surface area contributed by atoms with Crippen molar-refractivity contribution in [3.05, 3.63) is 89.4 Å². The smallest absolute Gasteiger partial charge is 0.264 e. The molecule has 1 N–H and O–H groups in total. The second-order valence-electron chi connectivity index (χ2n) is 5.74. The highest BCUT2D eigenvalue weighted by Gasteiger charge is 2.25. The molecule has 0 aliphatic carbocycles. The molecule has 3 aromatic rings. The Kier molecular flexibility index (Phi) is 5.48. The van der Waals surface area contributed by atoms with Gasteiger partial charge in [-0.05, 0) is 36.4 Å². The summed E-state index contributed by atoms with van der Waals surface area (Å²) in [5.74, 6) is -0.450. The minimum absolute atomic E-state index is 0.147. The number of anilines is 2. The van der Waals surface area contributed by atoms with E-state index >= 15 is 0 Å². The molecule has 0 radical (unpaired) electrons. The maximum absolute atomic E-state index is 12.9. The van der Waals surface area contributed by atoms with Gasteiger partial charge in [-0.3, -0.25) is 9.10 Å². The maximum Gasteiger partial charge on any atom is 0.264 e. The van der Waals surface area contributed by atoms with Crippen LogP contribution in [0, 0.1) is 0 Å². The molecule has 0 saturated carbocycles. The molecule has 0 heterocycles. The molecule has 0 atom stereocenters. The van der Waals surface area contributed by atoms with Crippen LogP contribution in [0.5, 0.6) is 0 Å². The number of nitrogens with one attached hydrogen (secondary N) is 1. The number of benzene rings is 3. The number of carbonyl (C=O) groups is 1. The average Bonchev–Trinajstić information content (AvgIpc) is 2.69. The first-order valence-corrected chi connectivity index (χ1v) is 9.92. The highest BCUT2D eigenvalue weighted by molar-refractivity contribution is 7.92. The van der Waals surface area contributed by atoms with Crippen LogP contribution < -0.4 is 9.62 Å². The quantitative estimate of drug-likeness (QED) is 0.689. The number of amides is 1. The number of carbonyl (C=O) groups excluding carboxylic acids is 1. The molecule has 0 fully saturated rings. The SMILES string of the molecule is CN(c1ccccc1C(=O)Nc1ccccc1Cl)S(=O)(=O)c1ccccc1. The van der Waals surface area contributed by atoms with Crippen molar-refractivity contribution in [1.29, 1.82) is 0 Å². The lowest BCUT2D eigenvalue weighted by molar-refractivity contribution is 0.102. The molecule has 0 bridgehead atoms. The van der Waals surface area contributed by atoms with E-state index < -0.39 is 15.9 Å². The van der Waals surface area contributed by atoms with Gasteiger partial charge in [0.15, 0.2) is 0 Å². The largest absolute Gasteiger partial charge is 0.321 e. The van der Waals surface area contributed by atoms with Crippen LogP contribution in [0.4, 0.5) is 11.4 Å². The molecule has 0 unspecified atom stereocenters. The third-order valence-corrected chi connectivity index (χ3v) is 6.13. The van der Waals surface area contributed by atoms with Crippen molar-refractivity contribution >= 4 is 38.9 Å². The van der Waals surface area contributed by atoms with Gasteiger partial charge >= 0.3 is 0 Å². The Bertz CT molecular complexity index is 1070. The van der Waals surface area contributed by atoms with E-state index in [1.807, 2.05) is 0 Å². The Labute approximate surface area is 163 Å². The minimum atomic E-state index is -3.80. The fraction of sp³-hybridized carbons (Fsp3) is 0.0500. The van der Waals surface area contributed by atoms with Crippen molar-refractivity contribution in [3.63, 3.8) is 0 Å². The van der Waals surface area contributed by atoms with Crippen molar-refractivity contribution in [3.8, 4) is 0 Å². The van der Waals surface area contributed by atoms with Crippen LogP contribution in [0.15, 0.2) is 83.8 Å². The molecule has 7 heteroatoms. The van der Waals surface area contributed by atoms with E-state index in [2.05, 4.69) is 5.32 Å². The lowest BCUT2D eigenvalue weighted by atomic mass is 10.1. The first-order chi connectivity index (χ1) is 12.9. The first-order valence-electron chi connectivity index (χ1n) is 8.10. The zero-order chi connectivity index (χ0) is 19.4. The van der Waals surface area contributed by atoms with Gasteiger partial charge in [0.2, 0.25) is 0 Å². The van der Waals surface area contributed by atoms with Gasteiger partial charge in [0.25, 0.3) is 15.9 Å². The van der Waals surface area contributed by atoms with Crippen molar-refractivity contribution < 1.29 is 13.2 Å². The summed E-state index contributed by atoms with van der Waals surface area (Å²) in [6.45, 7) is 0. The summed E-state index contributed by atoms with van der Waals surface area (Å²) in [6, 6.07) is 21.4. The van der Waals surface area contributed by atoms with E-state index in [0.717, 1.165) is 4.31 Å². The topological polar surface area (TPSA) is 66.5 Å². The number of nitrogens with zero attached hydrogens (tertiary/aromatic N) is 1. The molecular formula is C20H17ClN2O3S. The molecule has 5 nitrogen and oxygen atoms in total. The number of rotatable bonds is 5. The van der Waals surface area contributed by atoms with Crippen molar-refractivity contribution in [2.75, 3.05) is 16.7 Å². The summed E-state index contributed by atoms with van der Waals surface area (Å²) in [5, 5.41) is 3.12. The van der Waals surface area contributed by atoms with E-state index in [0.29, 0.717) is 10.7 Å². The molecule has 0 aliphatic heterocycles. The van der Waals surface area contributed by atoms with E-state index in [-0.39, 0.29) is 16.1 Å². The van der Waals surface area contributed by atoms with Gasteiger partial charge in [-0.25, -0.2) is 8.42 Å².